The maximum Gasteiger partial charge on any atom is 0.0951 e. The van der Waals surface area contributed by atoms with Gasteiger partial charge in [0.2, 0.25) is 0 Å². The Morgan fingerprint density at radius 1 is 0.909 bits per heavy atom. The van der Waals surface area contributed by atoms with Gasteiger partial charge in [-0.1, -0.05) is 88.6 Å². The molecule has 0 radical (unpaired) electrons. The average molecular weight is 325 g/mol. The third kappa shape index (κ3) is 9.21. The van der Waals surface area contributed by atoms with Gasteiger partial charge in [0, 0.05) is 5.75 Å². The minimum atomic E-state index is -4.18. The third-order valence-electron chi connectivity index (χ3n) is 4.08. The lowest BCUT2D eigenvalue weighted by molar-refractivity contribution is 0.452. The van der Waals surface area contributed by atoms with E-state index in [0.29, 0.717) is 0 Å². The monoisotopic (exact) mass is 325 g/mol. The Kier molecular flexibility index (Phi) is 9.41. The van der Waals surface area contributed by atoms with Crippen LogP contribution in [0.4, 0.5) is 0 Å². The Balaban J connectivity index is 2.33. The topological polar surface area (TPSA) is 57.2 Å². The van der Waals surface area contributed by atoms with Crippen molar-refractivity contribution in [3.8, 4) is 0 Å². The smallest absolute Gasteiger partial charge is 0.0951 e. The molecule has 0 aromatic heterocycles. The van der Waals surface area contributed by atoms with Crippen molar-refractivity contribution in [2.75, 3.05) is 5.75 Å². The molecule has 0 aliphatic carbocycles. The normalized spacial score (nSPS) is 13.2. The Morgan fingerprint density at radius 3 is 2.00 bits per heavy atom. The molecule has 1 aromatic carbocycles. The summed E-state index contributed by atoms with van der Waals surface area (Å²) in [5, 5.41) is 0. The lowest BCUT2D eigenvalue weighted by Crippen LogP contribution is -2.14. The molecule has 0 aliphatic rings. The van der Waals surface area contributed by atoms with Gasteiger partial charge in [0.15, 0.2) is 0 Å². The van der Waals surface area contributed by atoms with Crippen LogP contribution in [0.15, 0.2) is 30.3 Å². The quantitative estimate of drug-likeness (QED) is 0.408. The fourth-order valence-corrected chi connectivity index (χ4v) is 3.69. The van der Waals surface area contributed by atoms with Crippen LogP contribution in [0.1, 0.15) is 76.2 Å². The molecule has 1 atom stereocenters. The average Bonchev–Trinajstić information content (AvgIpc) is 2.48. The van der Waals surface area contributed by atoms with E-state index >= 15 is 0 Å². The Labute approximate surface area is 135 Å². The van der Waals surface area contributed by atoms with Gasteiger partial charge >= 0.3 is 0 Å². The summed E-state index contributed by atoms with van der Waals surface area (Å²) in [6, 6.07) is 9.53. The predicted octanol–water partition coefficient (Wildman–Crippen LogP) is 4.85. The van der Waals surface area contributed by atoms with Gasteiger partial charge in [-0.2, -0.15) is 0 Å². The molecule has 0 heterocycles. The van der Waals surface area contributed by atoms with Crippen LogP contribution in [0.3, 0.4) is 0 Å². The van der Waals surface area contributed by atoms with Crippen molar-refractivity contribution in [3.05, 3.63) is 35.9 Å². The summed E-state index contributed by atoms with van der Waals surface area (Å²) >= 11 is 0. The number of benzene rings is 1. The molecule has 0 spiro atoms. The van der Waals surface area contributed by atoms with Gasteiger partial charge in [0.1, 0.15) is 0 Å². The fraction of sp³-hybridized carbons (Fsp3) is 0.667. The maximum atomic E-state index is 11.1. The molecule has 22 heavy (non-hydrogen) atoms. The molecule has 0 saturated heterocycles. The number of hydrogen-bond donors (Lipinski definition) is 0. The molecular weight excluding hydrogens is 296 g/mol. The summed E-state index contributed by atoms with van der Waals surface area (Å²) in [5.41, 5.74) is 0.963. The molecule has 0 fully saturated rings. The van der Waals surface area contributed by atoms with Crippen LogP contribution in [0.5, 0.6) is 0 Å². The zero-order chi connectivity index (χ0) is 16.3. The van der Waals surface area contributed by atoms with Crippen LogP contribution >= 0.6 is 0 Å². The molecule has 1 unspecified atom stereocenters. The highest BCUT2D eigenvalue weighted by Crippen LogP contribution is 2.24. The molecule has 0 amide bonds. The van der Waals surface area contributed by atoms with Gasteiger partial charge < -0.3 is 4.55 Å². The predicted molar refractivity (Wildman–Crippen MR) is 91.0 cm³/mol. The van der Waals surface area contributed by atoms with Crippen molar-refractivity contribution in [2.24, 2.45) is 0 Å². The first-order chi connectivity index (χ1) is 10.5. The molecule has 0 saturated carbocycles. The Morgan fingerprint density at radius 2 is 1.45 bits per heavy atom. The maximum absolute atomic E-state index is 11.1. The summed E-state index contributed by atoms with van der Waals surface area (Å²) in [6.07, 6.45) is 10.5. The van der Waals surface area contributed by atoms with Crippen molar-refractivity contribution in [1.29, 1.82) is 0 Å². The van der Waals surface area contributed by atoms with E-state index in [4.69, 9.17) is 0 Å². The fourth-order valence-electron chi connectivity index (χ4n) is 2.84. The zero-order valence-electron chi connectivity index (χ0n) is 13.7. The number of unbranched alkanes of at least 4 members (excludes halogenated alkanes) is 7. The van der Waals surface area contributed by atoms with Crippen molar-refractivity contribution in [1.82, 2.24) is 0 Å². The van der Waals surface area contributed by atoms with Crippen LogP contribution in [-0.2, 0) is 10.1 Å². The Bertz CT molecular complexity index is 482. The van der Waals surface area contributed by atoms with Crippen LogP contribution < -0.4 is 0 Å². The highest BCUT2D eigenvalue weighted by Gasteiger charge is 2.14. The van der Waals surface area contributed by atoms with Gasteiger partial charge in [0.25, 0.3) is 0 Å². The largest absolute Gasteiger partial charge is 0.748 e. The first-order valence-electron chi connectivity index (χ1n) is 8.51. The molecule has 4 heteroatoms. The van der Waals surface area contributed by atoms with Crippen LogP contribution in [0.2, 0.25) is 0 Å². The zero-order valence-corrected chi connectivity index (χ0v) is 14.5. The third-order valence-corrected chi connectivity index (χ3v) is 4.89. The van der Waals surface area contributed by atoms with Gasteiger partial charge in [0.05, 0.1) is 10.1 Å². The van der Waals surface area contributed by atoms with E-state index < -0.39 is 10.1 Å². The minimum Gasteiger partial charge on any atom is -0.748 e. The van der Waals surface area contributed by atoms with E-state index in [2.05, 4.69) is 6.92 Å². The summed E-state index contributed by atoms with van der Waals surface area (Å²) in [4.78, 5) is 0. The van der Waals surface area contributed by atoms with Gasteiger partial charge in [-0.05, 0) is 17.9 Å². The molecule has 1 rings (SSSR count). The summed E-state index contributed by atoms with van der Waals surface area (Å²) in [7, 11) is -4.18. The van der Waals surface area contributed by atoms with Crippen LogP contribution in [-0.4, -0.2) is 18.7 Å². The standard InChI is InChI=1S/C18H30O3S/c1-2-3-4-5-6-7-8-10-15-18(16-22(19,20)21)17-13-11-9-12-14-17/h9,11-14,18H,2-8,10,15-16H2,1H3,(H,19,20,21)/p-1. The Hall–Kier alpha value is -0.870. The van der Waals surface area contributed by atoms with Gasteiger partial charge in [-0.15, -0.1) is 0 Å². The van der Waals surface area contributed by atoms with Crippen LogP contribution in [0, 0.1) is 0 Å². The number of rotatable bonds is 12. The van der Waals surface area contributed by atoms with E-state index in [-0.39, 0.29) is 11.7 Å². The molecule has 126 valence electrons. The lowest BCUT2D eigenvalue weighted by atomic mass is 9.94. The highest BCUT2D eigenvalue weighted by atomic mass is 32.2. The second kappa shape index (κ2) is 10.8. The lowest BCUT2D eigenvalue weighted by Gasteiger charge is -2.19. The number of hydrogen-bond acceptors (Lipinski definition) is 3. The molecule has 0 aliphatic heterocycles. The van der Waals surface area contributed by atoms with Crippen molar-refractivity contribution < 1.29 is 13.0 Å². The molecular formula is C18H29O3S-. The summed E-state index contributed by atoms with van der Waals surface area (Å²) in [6.45, 7) is 2.22. The second-order valence-electron chi connectivity index (χ2n) is 6.10. The molecule has 0 bridgehead atoms. The first-order valence-corrected chi connectivity index (χ1v) is 10.1. The van der Waals surface area contributed by atoms with E-state index in [9.17, 15) is 13.0 Å². The van der Waals surface area contributed by atoms with E-state index in [1.807, 2.05) is 30.3 Å². The van der Waals surface area contributed by atoms with Crippen LogP contribution in [0.25, 0.3) is 0 Å². The summed E-state index contributed by atoms with van der Waals surface area (Å²) in [5.74, 6) is -0.447. The highest BCUT2D eigenvalue weighted by molar-refractivity contribution is 7.85. The van der Waals surface area contributed by atoms with Crippen molar-refractivity contribution in [2.45, 2.75) is 70.6 Å². The minimum absolute atomic E-state index is 0.163. The van der Waals surface area contributed by atoms with Crippen molar-refractivity contribution >= 4 is 10.1 Å². The van der Waals surface area contributed by atoms with Gasteiger partial charge in [-0.3, -0.25) is 0 Å². The van der Waals surface area contributed by atoms with E-state index in [1.165, 1.54) is 38.5 Å². The van der Waals surface area contributed by atoms with E-state index in [1.54, 1.807) is 0 Å². The molecule has 1 aromatic rings. The van der Waals surface area contributed by atoms with Gasteiger partial charge in [-0.25, -0.2) is 8.42 Å². The van der Waals surface area contributed by atoms with Crippen molar-refractivity contribution in [3.63, 3.8) is 0 Å². The molecule has 0 N–H and O–H groups in total. The summed E-state index contributed by atoms with van der Waals surface area (Å²) < 4.78 is 33.3. The SMILES string of the molecule is CCCCCCCCCCC(CS(=O)(=O)[O-])c1ccccc1. The van der Waals surface area contributed by atoms with E-state index in [0.717, 1.165) is 24.8 Å². The second-order valence-corrected chi connectivity index (χ2v) is 7.54. The molecule has 3 nitrogen and oxygen atoms in total. The first kappa shape index (κ1) is 19.2.